The number of benzene rings is 3. The van der Waals surface area contributed by atoms with Gasteiger partial charge in [-0.25, -0.2) is 9.18 Å². The highest BCUT2D eigenvalue weighted by molar-refractivity contribution is 6.42. The minimum absolute atomic E-state index is 0.0113. The average Bonchev–Trinajstić information content (AvgIpc) is 2.98. The Balaban J connectivity index is 1.31. The van der Waals surface area contributed by atoms with E-state index in [1.807, 2.05) is 0 Å². The van der Waals surface area contributed by atoms with Gasteiger partial charge in [-0.1, -0.05) is 41.4 Å². The van der Waals surface area contributed by atoms with Crippen LogP contribution in [0.5, 0.6) is 0 Å². The highest BCUT2D eigenvalue weighted by atomic mass is 35.5. The summed E-state index contributed by atoms with van der Waals surface area (Å²) in [6.07, 6.45) is -3.69. The molecule has 0 N–H and O–H groups in total. The maximum absolute atomic E-state index is 14.2. The van der Waals surface area contributed by atoms with Crippen LogP contribution >= 0.6 is 23.2 Å². The lowest BCUT2D eigenvalue weighted by molar-refractivity contribution is -0.137. The number of halogens is 6. The number of rotatable bonds is 7. The molecule has 1 saturated heterocycles. The zero-order valence-electron chi connectivity index (χ0n) is 24.1. The zero-order valence-corrected chi connectivity index (χ0v) is 25.6. The lowest BCUT2D eigenvalue weighted by Crippen LogP contribution is -2.51. The summed E-state index contributed by atoms with van der Waals surface area (Å²) < 4.78 is 59.9. The molecule has 0 aliphatic carbocycles. The number of carbonyl (C=O) groups is 2. The van der Waals surface area contributed by atoms with E-state index >= 15 is 0 Å². The number of nitrogens with zero attached hydrogens (tertiary/aromatic N) is 3. The Labute approximate surface area is 263 Å². The van der Waals surface area contributed by atoms with E-state index in [0.29, 0.717) is 66.3 Å². The molecule has 3 aromatic carbocycles. The number of alkyl halides is 3. The molecule has 2 aliphatic rings. The van der Waals surface area contributed by atoms with Crippen LogP contribution in [-0.2, 0) is 27.9 Å². The van der Waals surface area contributed by atoms with Crippen LogP contribution in [0.2, 0.25) is 10.0 Å². The Morgan fingerprint density at radius 3 is 2.45 bits per heavy atom. The topological polar surface area (TPSA) is 53.1 Å². The second-order valence-electron chi connectivity index (χ2n) is 11.3. The molecule has 1 unspecified atom stereocenters. The van der Waals surface area contributed by atoms with Crippen molar-refractivity contribution >= 4 is 40.9 Å². The van der Waals surface area contributed by atoms with Crippen molar-refractivity contribution in [2.24, 2.45) is 0 Å². The maximum atomic E-state index is 14.2. The van der Waals surface area contributed by atoms with Gasteiger partial charge in [0.15, 0.2) is 0 Å². The first kappa shape index (κ1) is 32.1. The number of hydrogen-bond acceptors (Lipinski definition) is 4. The first-order valence-electron chi connectivity index (χ1n) is 14.1. The summed E-state index contributed by atoms with van der Waals surface area (Å²) in [5, 5.41) is 0.627. The number of piperidine rings is 1. The molecule has 1 atom stereocenters. The van der Waals surface area contributed by atoms with E-state index in [2.05, 4.69) is 4.90 Å². The average molecular weight is 653 g/mol. The lowest BCUT2D eigenvalue weighted by Gasteiger charge is -2.46. The monoisotopic (exact) mass is 651 g/mol. The van der Waals surface area contributed by atoms with E-state index in [4.69, 9.17) is 27.9 Å². The van der Waals surface area contributed by atoms with Crippen molar-refractivity contribution in [3.63, 3.8) is 0 Å². The summed E-state index contributed by atoms with van der Waals surface area (Å²) in [7, 11) is 3.15. The third kappa shape index (κ3) is 6.67. The standard InChI is InChI=1S/C32H31Cl2F4N3O3/c1-39(19-20-4-3-5-22(16-20)32(36,37)38)29(42)24(21-6-8-26(33)27(34)17-21)10-13-41-14-11-31(12-15-41)25-18-23(35)7-9-28(25)40(2)30(43)44-31/h3-9,16-18,24H,10-15,19H2,1-2H3. The number of anilines is 1. The van der Waals surface area contributed by atoms with Gasteiger partial charge in [-0.05, 0) is 66.6 Å². The lowest BCUT2D eigenvalue weighted by atomic mass is 9.81. The van der Waals surface area contributed by atoms with Crippen LogP contribution in [0.1, 0.15) is 47.4 Å². The van der Waals surface area contributed by atoms with E-state index < -0.39 is 35.2 Å². The van der Waals surface area contributed by atoms with Crippen LogP contribution in [0.3, 0.4) is 0 Å². The molecule has 234 valence electrons. The molecule has 0 radical (unpaired) electrons. The summed E-state index contributed by atoms with van der Waals surface area (Å²) in [5.41, 5.74) is 0.531. The molecule has 3 aromatic rings. The number of carbonyl (C=O) groups excluding carboxylic acids is 2. The highest BCUT2D eigenvalue weighted by Crippen LogP contribution is 2.45. The van der Waals surface area contributed by atoms with E-state index in [-0.39, 0.29) is 17.5 Å². The fraction of sp³-hybridized carbons (Fsp3) is 0.375. The van der Waals surface area contributed by atoms with Crippen LogP contribution < -0.4 is 4.90 Å². The van der Waals surface area contributed by atoms with Crippen LogP contribution in [0.15, 0.2) is 60.7 Å². The smallest absolute Gasteiger partial charge is 0.416 e. The second kappa shape index (κ2) is 12.6. The van der Waals surface area contributed by atoms with Gasteiger partial charge < -0.3 is 14.5 Å². The summed E-state index contributed by atoms with van der Waals surface area (Å²) in [5.74, 6) is -1.33. The van der Waals surface area contributed by atoms with E-state index in [1.54, 1.807) is 44.4 Å². The number of fused-ring (bicyclic) bond motifs is 2. The number of ether oxygens (including phenoxy) is 1. The van der Waals surface area contributed by atoms with Gasteiger partial charge in [0.25, 0.3) is 0 Å². The van der Waals surface area contributed by atoms with Gasteiger partial charge in [-0.15, -0.1) is 0 Å². The Kier molecular flexibility index (Phi) is 9.16. The molecule has 0 saturated carbocycles. The first-order valence-corrected chi connectivity index (χ1v) is 14.9. The minimum Gasteiger partial charge on any atom is -0.437 e. The summed E-state index contributed by atoms with van der Waals surface area (Å²) in [6, 6.07) is 14.2. The second-order valence-corrected chi connectivity index (χ2v) is 12.1. The van der Waals surface area contributed by atoms with Crippen LogP contribution in [-0.4, -0.2) is 55.5 Å². The Morgan fingerprint density at radius 2 is 1.77 bits per heavy atom. The molecule has 1 spiro atoms. The predicted octanol–water partition coefficient (Wildman–Crippen LogP) is 7.86. The van der Waals surface area contributed by atoms with Crippen LogP contribution in [0, 0.1) is 5.82 Å². The molecule has 2 amide bonds. The van der Waals surface area contributed by atoms with Crippen molar-refractivity contribution in [3.05, 3.63) is 98.8 Å². The summed E-state index contributed by atoms with van der Waals surface area (Å²) >= 11 is 12.4. The van der Waals surface area contributed by atoms with Gasteiger partial charge in [0.2, 0.25) is 5.91 Å². The zero-order chi connectivity index (χ0) is 31.8. The van der Waals surface area contributed by atoms with Crippen LogP contribution in [0.4, 0.5) is 28.0 Å². The molecule has 1 fully saturated rings. The van der Waals surface area contributed by atoms with Gasteiger partial charge in [-0.3, -0.25) is 9.69 Å². The van der Waals surface area contributed by atoms with E-state index in [1.165, 1.54) is 28.0 Å². The molecule has 44 heavy (non-hydrogen) atoms. The van der Waals surface area contributed by atoms with Crippen molar-refractivity contribution in [2.45, 2.75) is 43.5 Å². The summed E-state index contributed by atoms with van der Waals surface area (Å²) in [6.45, 7) is 1.57. The molecule has 5 rings (SSSR count). The molecular formula is C32H31Cl2F4N3O3. The molecule has 0 aromatic heterocycles. The Hall–Kier alpha value is -3.34. The van der Waals surface area contributed by atoms with Gasteiger partial charge in [-0.2, -0.15) is 13.2 Å². The molecule has 0 bridgehead atoms. The SMILES string of the molecule is CN(Cc1cccc(C(F)(F)F)c1)C(=O)C(CCN1CCC2(CC1)OC(=O)N(C)c1ccc(F)cc12)c1ccc(Cl)c(Cl)c1. The Morgan fingerprint density at radius 1 is 1.05 bits per heavy atom. The Bertz CT molecular complexity index is 1560. The number of amides is 2. The highest BCUT2D eigenvalue weighted by Gasteiger charge is 2.46. The summed E-state index contributed by atoms with van der Waals surface area (Å²) in [4.78, 5) is 31.4. The normalized spacial score (nSPS) is 17.3. The van der Waals surface area contributed by atoms with Crippen molar-refractivity contribution in [2.75, 3.05) is 38.6 Å². The van der Waals surface area contributed by atoms with Crippen molar-refractivity contribution < 1.29 is 31.9 Å². The third-order valence-electron chi connectivity index (χ3n) is 8.46. The largest absolute Gasteiger partial charge is 0.437 e. The van der Waals surface area contributed by atoms with Crippen molar-refractivity contribution in [1.82, 2.24) is 9.80 Å². The van der Waals surface area contributed by atoms with Gasteiger partial charge in [0.05, 0.1) is 27.2 Å². The van der Waals surface area contributed by atoms with Crippen molar-refractivity contribution in [1.29, 1.82) is 0 Å². The van der Waals surface area contributed by atoms with E-state index in [0.717, 1.165) is 12.1 Å². The van der Waals surface area contributed by atoms with Gasteiger partial charge in [0.1, 0.15) is 11.4 Å². The molecule has 2 heterocycles. The maximum Gasteiger partial charge on any atom is 0.416 e. The molecule has 6 nitrogen and oxygen atoms in total. The molecular weight excluding hydrogens is 621 g/mol. The molecule has 2 aliphatic heterocycles. The first-order chi connectivity index (χ1) is 20.8. The van der Waals surface area contributed by atoms with Gasteiger partial charge in [0, 0.05) is 52.1 Å². The number of hydrogen-bond donors (Lipinski definition) is 0. The fourth-order valence-electron chi connectivity index (χ4n) is 6.00. The third-order valence-corrected chi connectivity index (χ3v) is 9.20. The predicted molar refractivity (Wildman–Crippen MR) is 160 cm³/mol. The van der Waals surface area contributed by atoms with Gasteiger partial charge >= 0.3 is 12.3 Å². The number of likely N-dealkylation sites (tertiary alicyclic amines) is 1. The molecule has 12 heteroatoms. The fourth-order valence-corrected chi connectivity index (χ4v) is 6.31. The minimum atomic E-state index is -4.49. The van der Waals surface area contributed by atoms with E-state index in [9.17, 15) is 27.2 Å². The van der Waals surface area contributed by atoms with Crippen molar-refractivity contribution in [3.8, 4) is 0 Å². The van der Waals surface area contributed by atoms with Crippen LogP contribution in [0.25, 0.3) is 0 Å². The number of likely N-dealkylation sites (N-methyl/N-ethyl adjacent to an activating group) is 1. The quantitative estimate of drug-likeness (QED) is 0.244.